The van der Waals surface area contributed by atoms with E-state index in [0.717, 1.165) is 22.7 Å². The number of para-hydroxylation sites is 2. The van der Waals surface area contributed by atoms with E-state index in [9.17, 15) is 22.3 Å². The zero-order valence-electron chi connectivity index (χ0n) is 23.2. The van der Waals surface area contributed by atoms with Crippen LogP contribution in [0.15, 0.2) is 109 Å². The van der Waals surface area contributed by atoms with Gasteiger partial charge >= 0.3 is 57.2 Å². The van der Waals surface area contributed by atoms with E-state index in [1.165, 1.54) is 0 Å². The summed E-state index contributed by atoms with van der Waals surface area (Å²) in [5.41, 5.74) is 3.48. The molecule has 216 valence electrons. The largest absolute Gasteiger partial charge is 0.549 e. The van der Waals surface area contributed by atoms with E-state index >= 15 is 0 Å². The number of rotatable bonds is 15. The van der Waals surface area contributed by atoms with Crippen LogP contribution < -0.4 is 19.5 Å². The molecule has 0 fully saturated rings. The number of benzene rings is 4. The van der Waals surface area contributed by atoms with E-state index in [4.69, 9.17) is 13.0 Å². The minimum atomic E-state index is -3.41. The number of anilines is 4. The van der Waals surface area contributed by atoms with Gasteiger partial charge in [-0.3, -0.25) is 0 Å². The molecule has 0 atom stereocenters. The van der Waals surface area contributed by atoms with Gasteiger partial charge in [0.15, 0.2) is 0 Å². The maximum Gasteiger partial charge on any atom is 0.534 e. The van der Waals surface area contributed by atoms with Crippen LogP contribution in [-0.4, -0.2) is 57.2 Å². The molecule has 4 aromatic rings. The van der Waals surface area contributed by atoms with Crippen LogP contribution in [0.5, 0.6) is 11.5 Å². The third-order valence-electron chi connectivity index (χ3n) is 5.60. The van der Waals surface area contributed by atoms with Crippen molar-refractivity contribution >= 4 is 79.9 Å². The van der Waals surface area contributed by atoms with Crippen LogP contribution in [0.1, 0.15) is 0 Å². The second-order valence-electron chi connectivity index (χ2n) is 9.44. The molecule has 17 heteroatoms. The minimum absolute atomic E-state index is 0.392. The predicted molar refractivity (Wildman–Crippen MR) is 170 cm³/mol. The van der Waals surface area contributed by atoms with Crippen molar-refractivity contribution in [2.24, 2.45) is 0 Å². The summed E-state index contributed by atoms with van der Waals surface area (Å²) in [6, 6.07) is 33.1. The molecule has 4 aromatic carbocycles. The summed E-state index contributed by atoms with van der Waals surface area (Å²) in [5.74, 6) is 0.848. The maximum absolute atomic E-state index is 12.7. The summed E-state index contributed by atoms with van der Waals surface area (Å²) >= 11 is 0. The summed E-state index contributed by atoms with van der Waals surface area (Å²) in [5, 5.41) is 6.47. The van der Waals surface area contributed by atoms with E-state index in [2.05, 4.69) is 10.6 Å². The Hall–Kier alpha value is -3.60. The fraction of sp³-hybridized carbons (Fsp3) is 0.0769. The highest BCUT2D eigenvalue weighted by atomic mass is 29.9. The van der Waals surface area contributed by atoms with Crippen LogP contribution in [0.2, 0.25) is 13.1 Å². The smallest absolute Gasteiger partial charge is 0.534 e. The van der Waals surface area contributed by atoms with Gasteiger partial charge in [0.25, 0.3) is 0 Å². The summed E-state index contributed by atoms with van der Waals surface area (Å²) < 4.78 is 80.4. The number of hydrogen-bond donors (Lipinski definition) is 2. The Balaban J connectivity index is 1.24. The quantitative estimate of drug-likeness (QED) is 0.173. The summed E-state index contributed by atoms with van der Waals surface area (Å²) in [6.07, 6.45) is 0. The fourth-order valence-corrected chi connectivity index (χ4v) is 44.6. The second kappa shape index (κ2) is 15.2. The van der Waals surface area contributed by atoms with E-state index in [1.54, 1.807) is 61.6 Å². The molecule has 0 bridgehead atoms. The molecule has 0 aromatic heterocycles. The SMILES string of the molecule is C[Si](C)(Oc1ccc(Nc2ccccc2)cc1)O[Si](=O)[Si](=O)[Si](=O)[Si](=O)[Si](=O)[Si]Oc1ccc(Nc2ccccc2)cc1. The highest BCUT2D eigenvalue weighted by molar-refractivity contribution is 7.65. The molecule has 10 nitrogen and oxygen atoms in total. The zero-order valence-corrected chi connectivity index (χ0v) is 30.2. The van der Waals surface area contributed by atoms with Gasteiger partial charge in [0, 0.05) is 35.8 Å². The third kappa shape index (κ3) is 9.98. The molecule has 0 saturated heterocycles. The first-order chi connectivity index (χ1) is 20.6. The van der Waals surface area contributed by atoms with E-state index in [-0.39, 0.29) is 0 Å². The minimum Gasteiger partial charge on any atom is -0.549 e. The van der Waals surface area contributed by atoms with Crippen molar-refractivity contribution in [2.45, 2.75) is 13.1 Å². The normalized spacial score (nSPS) is 10.7. The van der Waals surface area contributed by atoms with Crippen molar-refractivity contribution in [3.63, 3.8) is 0 Å². The van der Waals surface area contributed by atoms with Crippen molar-refractivity contribution in [3.8, 4) is 11.5 Å². The second-order valence-corrected chi connectivity index (χ2v) is 35.6. The molecule has 0 aliphatic heterocycles. The molecule has 2 N–H and O–H groups in total. The Kier molecular flexibility index (Phi) is 11.4. The van der Waals surface area contributed by atoms with Crippen LogP contribution in [0.3, 0.4) is 0 Å². The van der Waals surface area contributed by atoms with Crippen molar-refractivity contribution in [1.29, 1.82) is 0 Å². The first kappa shape index (κ1) is 32.3. The Labute approximate surface area is 258 Å². The molecular weight excluding hydrogens is 665 g/mol. The molecule has 43 heavy (non-hydrogen) atoms. The molecule has 0 spiro atoms. The van der Waals surface area contributed by atoms with Gasteiger partial charge in [-0.05, 0) is 72.8 Å². The maximum atomic E-state index is 12.7. The molecule has 0 aliphatic carbocycles. The molecule has 2 radical (unpaired) electrons. The lowest BCUT2D eigenvalue weighted by Crippen LogP contribution is -2.50. The van der Waals surface area contributed by atoms with Crippen molar-refractivity contribution in [1.82, 2.24) is 0 Å². The van der Waals surface area contributed by atoms with Gasteiger partial charge in [-0.1, -0.05) is 36.4 Å². The average molecular weight is 691 g/mol. The standard InChI is InChI=1S/C26H26N2O8Si7/c1-43(2,35-26-19-15-24(16-20-26)28-22-11-7-4-8-12-22)36-38(29)40(31)42(33)41(32)39(30)37-34-25-17-13-23(14-18-25)27-21-9-5-3-6-10-21/h3-20,27-28H,1-2H3. The van der Waals surface area contributed by atoms with Crippen LogP contribution in [-0.2, 0) is 26.4 Å². The third-order valence-corrected chi connectivity index (χ3v) is 39.5. The van der Waals surface area contributed by atoms with Gasteiger partial charge in [0.1, 0.15) is 11.5 Å². The number of nitrogens with one attached hydrogen (secondary N) is 2. The lowest BCUT2D eigenvalue weighted by Gasteiger charge is -2.23. The Morgan fingerprint density at radius 1 is 0.558 bits per heavy atom. The lowest BCUT2D eigenvalue weighted by molar-refractivity contribution is 0.379. The molecule has 0 heterocycles. The average Bonchev–Trinajstić information content (AvgIpc) is 3.01. The monoisotopic (exact) mass is 690 g/mol. The molecule has 0 aliphatic rings. The topological polar surface area (TPSA) is 137 Å². The first-order valence-corrected chi connectivity index (χ1v) is 28.6. The fourth-order valence-electron chi connectivity index (χ4n) is 3.61. The lowest BCUT2D eigenvalue weighted by atomic mass is 10.2. The van der Waals surface area contributed by atoms with Crippen LogP contribution in [0.4, 0.5) is 22.7 Å². The van der Waals surface area contributed by atoms with Gasteiger partial charge in [-0.15, -0.1) is 0 Å². The molecule has 0 unspecified atom stereocenters. The summed E-state index contributed by atoms with van der Waals surface area (Å²) in [4.78, 5) is 0. The summed E-state index contributed by atoms with van der Waals surface area (Å²) in [7, 11) is -20.3. The molecule has 4 rings (SSSR count). The van der Waals surface area contributed by atoms with Crippen LogP contribution >= 0.6 is 0 Å². The Bertz CT molecular complexity index is 1630. The van der Waals surface area contributed by atoms with Crippen LogP contribution in [0.25, 0.3) is 0 Å². The van der Waals surface area contributed by atoms with Gasteiger partial charge in [0.05, 0.1) is 0 Å². The predicted octanol–water partition coefficient (Wildman–Crippen LogP) is 4.39. The van der Waals surface area contributed by atoms with Gasteiger partial charge < -0.3 is 45.9 Å². The highest BCUT2D eigenvalue weighted by Crippen LogP contribution is 2.23. The van der Waals surface area contributed by atoms with Gasteiger partial charge in [-0.2, -0.15) is 0 Å². The Morgan fingerprint density at radius 3 is 1.49 bits per heavy atom. The van der Waals surface area contributed by atoms with Crippen LogP contribution in [0, 0.1) is 0 Å². The number of hydrogen-bond acceptors (Lipinski definition) is 10. The van der Waals surface area contributed by atoms with Crippen molar-refractivity contribution < 1.29 is 35.3 Å². The van der Waals surface area contributed by atoms with Crippen molar-refractivity contribution in [3.05, 3.63) is 109 Å². The van der Waals surface area contributed by atoms with E-state index in [1.807, 2.05) is 60.7 Å². The van der Waals surface area contributed by atoms with Gasteiger partial charge in [0.2, 0.25) is 0 Å². The molecule has 0 amide bonds. The zero-order chi connectivity index (χ0) is 30.8. The highest BCUT2D eigenvalue weighted by Gasteiger charge is 2.46. The molecular formula is C26H26N2O8Si7. The van der Waals surface area contributed by atoms with E-state index in [0.29, 0.717) is 11.5 Å². The molecule has 0 saturated carbocycles. The van der Waals surface area contributed by atoms with E-state index < -0.39 is 57.2 Å². The summed E-state index contributed by atoms with van der Waals surface area (Å²) in [6.45, 7) is 3.22. The first-order valence-electron chi connectivity index (χ1n) is 13.0. The Morgan fingerprint density at radius 2 is 1.00 bits per heavy atom. The van der Waals surface area contributed by atoms with Crippen molar-refractivity contribution in [2.75, 3.05) is 10.6 Å². The van der Waals surface area contributed by atoms with Gasteiger partial charge in [-0.25, -0.2) is 0 Å².